The van der Waals surface area contributed by atoms with Crippen molar-refractivity contribution in [2.45, 2.75) is 64.5 Å². The monoisotopic (exact) mass is 257 g/mol. The Morgan fingerprint density at radius 3 is 2.89 bits per heavy atom. The molecule has 18 heavy (non-hydrogen) atoms. The minimum atomic E-state index is 0.0862. The van der Waals surface area contributed by atoms with Gasteiger partial charge in [0.2, 0.25) is 5.91 Å². The van der Waals surface area contributed by atoms with Crippen molar-refractivity contribution < 1.29 is 14.6 Å². The molecule has 1 amide bonds. The fourth-order valence-electron chi connectivity index (χ4n) is 2.49. The maximum Gasteiger partial charge on any atom is 0.223 e. The fourth-order valence-corrected chi connectivity index (χ4v) is 2.49. The lowest BCUT2D eigenvalue weighted by Crippen LogP contribution is -2.42. The van der Waals surface area contributed by atoms with E-state index in [0.717, 1.165) is 32.1 Å². The number of aliphatic hydroxyl groups excluding tert-OH is 1. The lowest BCUT2D eigenvalue weighted by atomic mass is 9.92. The van der Waals surface area contributed by atoms with Crippen molar-refractivity contribution in [2.75, 3.05) is 13.2 Å². The minimum Gasteiger partial charge on any atom is -0.396 e. The Kier molecular flexibility index (Phi) is 7.28. The first-order chi connectivity index (χ1) is 8.71. The first kappa shape index (κ1) is 15.4. The maximum absolute atomic E-state index is 12.1. The molecule has 3 atom stereocenters. The van der Waals surface area contributed by atoms with Crippen molar-refractivity contribution >= 4 is 5.91 Å². The van der Waals surface area contributed by atoms with Crippen molar-refractivity contribution in [1.29, 1.82) is 0 Å². The van der Waals surface area contributed by atoms with E-state index in [4.69, 9.17) is 9.84 Å². The number of hydrogen-bond acceptors (Lipinski definition) is 3. The number of carbonyl (C=O) groups is 1. The molecule has 0 aromatic rings. The van der Waals surface area contributed by atoms with Gasteiger partial charge in [-0.05, 0) is 32.1 Å². The molecule has 4 nitrogen and oxygen atoms in total. The Labute approximate surface area is 110 Å². The fraction of sp³-hybridized carbons (Fsp3) is 0.929. The summed E-state index contributed by atoms with van der Waals surface area (Å²) in [7, 11) is 0. The molecule has 1 aliphatic rings. The van der Waals surface area contributed by atoms with E-state index in [1.54, 1.807) is 0 Å². The Hall–Kier alpha value is -0.610. The molecule has 1 fully saturated rings. The molecule has 0 aromatic carbocycles. The second kappa shape index (κ2) is 8.48. The quantitative estimate of drug-likeness (QED) is 0.732. The standard InChI is InChI=1S/C14H27NO3/c1-3-5-13-10-11(7-9-18-13)14(17)15-12(4-2)6-8-16/h11-13,16H,3-10H2,1-2H3,(H,15,17). The van der Waals surface area contributed by atoms with Gasteiger partial charge in [0.05, 0.1) is 6.10 Å². The highest BCUT2D eigenvalue weighted by molar-refractivity contribution is 5.79. The van der Waals surface area contributed by atoms with Crippen molar-refractivity contribution in [3.63, 3.8) is 0 Å². The Balaban J connectivity index is 2.40. The highest BCUT2D eigenvalue weighted by Crippen LogP contribution is 2.23. The van der Waals surface area contributed by atoms with Gasteiger partial charge in [0.1, 0.15) is 0 Å². The molecular formula is C14H27NO3. The van der Waals surface area contributed by atoms with Crippen LogP contribution in [0.2, 0.25) is 0 Å². The third kappa shape index (κ3) is 4.94. The zero-order valence-corrected chi connectivity index (χ0v) is 11.7. The average molecular weight is 257 g/mol. The van der Waals surface area contributed by atoms with Gasteiger partial charge in [-0.15, -0.1) is 0 Å². The number of nitrogens with one attached hydrogen (secondary N) is 1. The van der Waals surface area contributed by atoms with Crippen LogP contribution in [0, 0.1) is 5.92 Å². The van der Waals surface area contributed by atoms with Crippen LogP contribution in [0.15, 0.2) is 0 Å². The predicted molar refractivity (Wildman–Crippen MR) is 71.3 cm³/mol. The van der Waals surface area contributed by atoms with E-state index in [2.05, 4.69) is 12.2 Å². The number of amides is 1. The second-order valence-corrected chi connectivity index (χ2v) is 5.13. The number of carbonyl (C=O) groups excluding carboxylic acids is 1. The molecule has 0 aromatic heterocycles. The van der Waals surface area contributed by atoms with Crippen LogP contribution in [0.5, 0.6) is 0 Å². The molecule has 1 heterocycles. The summed E-state index contributed by atoms with van der Waals surface area (Å²) in [4.78, 5) is 12.1. The van der Waals surface area contributed by atoms with Crippen LogP contribution in [0.3, 0.4) is 0 Å². The molecule has 1 saturated heterocycles. The summed E-state index contributed by atoms with van der Waals surface area (Å²) in [6, 6.07) is 0.106. The zero-order valence-electron chi connectivity index (χ0n) is 11.7. The largest absolute Gasteiger partial charge is 0.396 e. The van der Waals surface area contributed by atoms with Crippen molar-refractivity contribution in [1.82, 2.24) is 5.32 Å². The molecule has 1 rings (SSSR count). The lowest BCUT2D eigenvalue weighted by molar-refractivity contribution is -0.131. The van der Waals surface area contributed by atoms with Crippen molar-refractivity contribution in [3.05, 3.63) is 0 Å². The third-order valence-corrected chi connectivity index (χ3v) is 3.67. The van der Waals surface area contributed by atoms with Crippen LogP contribution < -0.4 is 5.32 Å². The van der Waals surface area contributed by atoms with Crippen LogP contribution in [0.4, 0.5) is 0 Å². The van der Waals surface area contributed by atoms with Gasteiger partial charge in [-0.1, -0.05) is 20.3 Å². The summed E-state index contributed by atoms with van der Waals surface area (Å²) in [6.07, 6.45) is 5.56. The molecule has 1 aliphatic heterocycles. The normalized spacial score (nSPS) is 25.7. The van der Waals surface area contributed by atoms with Gasteiger partial charge < -0.3 is 15.2 Å². The van der Waals surface area contributed by atoms with E-state index in [1.165, 1.54) is 0 Å². The molecule has 2 N–H and O–H groups in total. The SMILES string of the molecule is CCCC1CC(C(=O)NC(CC)CCO)CCO1. The third-order valence-electron chi connectivity index (χ3n) is 3.67. The van der Waals surface area contributed by atoms with E-state index in [0.29, 0.717) is 13.0 Å². The second-order valence-electron chi connectivity index (χ2n) is 5.13. The summed E-state index contributed by atoms with van der Waals surface area (Å²) < 4.78 is 5.66. The number of ether oxygens (including phenoxy) is 1. The van der Waals surface area contributed by atoms with E-state index in [1.807, 2.05) is 6.92 Å². The zero-order chi connectivity index (χ0) is 13.4. The van der Waals surface area contributed by atoms with Crippen molar-refractivity contribution in [3.8, 4) is 0 Å². The van der Waals surface area contributed by atoms with Gasteiger partial charge >= 0.3 is 0 Å². The highest BCUT2D eigenvalue weighted by Gasteiger charge is 2.28. The summed E-state index contributed by atoms with van der Waals surface area (Å²) in [6.45, 7) is 5.00. The van der Waals surface area contributed by atoms with E-state index in [-0.39, 0.29) is 30.6 Å². The van der Waals surface area contributed by atoms with Gasteiger partial charge in [0.15, 0.2) is 0 Å². The number of hydrogen-bond donors (Lipinski definition) is 2. The van der Waals surface area contributed by atoms with Crippen LogP contribution in [-0.4, -0.2) is 36.4 Å². The lowest BCUT2D eigenvalue weighted by Gasteiger charge is -2.30. The molecule has 106 valence electrons. The molecule has 3 unspecified atom stereocenters. The number of rotatable bonds is 7. The average Bonchev–Trinajstić information content (AvgIpc) is 2.39. The Bertz CT molecular complexity index is 243. The van der Waals surface area contributed by atoms with Crippen LogP contribution in [0.25, 0.3) is 0 Å². The van der Waals surface area contributed by atoms with E-state index >= 15 is 0 Å². The summed E-state index contributed by atoms with van der Waals surface area (Å²) >= 11 is 0. The molecule has 4 heteroatoms. The van der Waals surface area contributed by atoms with Crippen molar-refractivity contribution in [2.24, 2.45) is 5.92 Å². The molecule has 0 saturated carbocycles. The van der Waals surface area contributed by atoms with Gasteiger partial charge in [0.25, 0.3) is 0 Å². The van der Waals surface area contributed by atoms with Crippen LogP contribution in [0.1, 0.15) is 52.4 Å². The highest BCUT2D eigenvalue weighted by atomic mass is 16.5. The summed E-state index contributed by atoms with van der Waals surface area (Å²) in [5.41, 5.74) is 0. The smallest absolute Gasteiger partial charge is 0.223 e. The first-order valence-electron chi connectivity index (χ1n) is 7.24. The van der Waals surface area contributed by atoms with Crippen LogP contribution in [-0.2, 0) is 9.53 Å². The van der Waals surface area contributed by atoms with Gasteiger partial charge in [0, 0.05) is 25.2 Å². The Morgan fingerprint density at radius 2 is 2.28 bits per heavy atom. The summed E-state index contributed by atoms with van der Waals surface area (Å²) in [5.74, 6) is 0.225. The number of aliphatic hydroxyl groups is 1. The van der Waals surface area contributed by atoms with Gasteiger partial charge in [-0.25, -0.2) is 0 Å². The molecule has 0 bridgehead atoms. The predicted octanol–water partition coefficient (Wildman–Crippen LogP) is 1.86. The molecule has 0 radical (unpaired) electrons. The van der Waals surface area contributed by atoms with Gasteiger partial charge in [-0.2, -0.15) is 0 Å². The topological polar surface area (TPSA) is 58.6 Å². The molecule has 0 aliphatic carbocycles. The Morgan fingerprint density at radius 1 is 1.50 bits per heavy atom. The summed E-state index contributed by atoms with van der Waals surface area (Å²) in [5, 5.41) is 12.0. The minimum absolute atomic E-state index is 0.0862. The maximum atomic E-state index is 12.1. The van der Waals surface area contributed by atoms with E-state index < -0.39 is 0 Å². The molecule has 0 spiro atoms. The van der Waals surface area contributed by atoms with Gasteiger partial charge in [-0.3, -0.25) is 4.79 Å². The first-order valence-corrected chi connectivity index (χ1v) is 7.24. The van der Waals surface area contributed by atoms with Crippen LogP contribution >= 0.6 is 0 Å². The van der Waals surface area contributed by atoms with E-state index in [9.17, 15) is 4.79 Å². The molecular weight excluding hydrogens is 230 g/mol.